The molecule has 2 heterocycles. The number of nitrogens with two attached hydrogens (primary N) is 1. The Kier molecular flexibility index (Phi) is 5.06. The molecule has 1 aromatic rings. The van der Waals surface area contributed by atoms with Gasteiger partial charge in [0.05, 0.1) is 0 Å². The Hall–Kier alpha value is -0.920. The summed E-state index contributed by atoms with van der Waals surface area (Å²) in [6, 6.07) is 0.126. The number of hydrogen-bond acceptors (Lipinski definition) is 4. The number of aryl methyl sites for hydroxylation is 2. The Balaban J connectivity index is 2.14. The van der Waals surface area contributed by atoms with Gasteiger partial charge in [-0.1, -0.05) is 6.92 Å². The van der Waals surface area contributed by atoms with Gasteiger partial charge in [-0.05, 0) is 39.0 Å². The number of aromatic nitrogens is 2. The monoisotopic (exact) mass is 314 g/mol. The Labute approximate surface area is 127 Å². The van der Waals surface area contributed by atoms with Crippen LogP contribution < -0.4 is 5.73 Å². The Morgan fingerprint density at radius 3 is 2.57 bits per heavy atom. The number of rotatable bonds is 5. The molecule has 2 N–H and O–H groups in total. The van der Waals surface area contributed by atoms with Gasteiger partial charge in [0.25, 0.3) is 10.0 Å². The zero-order valence-electron chi connectivity index (χ0n) is 13.1. The van der Waals surface area contributed by atoms with Crippen LogP contribution in [0.5, 0.6) is 0 Å². The van der Waals surface area contributed by atoms with Gasteiger partial charge in [0.2, 0.25) is 0 Å². The van der Waals surface area contributed by atoms with Gasteiger partial charge in [-0.3, -0.25) is 0 Å². The lowest BCUT2D eigenvalue weighted by molar-refractivity contribution is 0.250. The van der Waals surface area contributed by atoms with Crippen LogP contribution >= 0.6 is 0 Å². The van der Waals surface area contributed by atoms with E-state index in [4.69, 9.17) is 5.73 Å². The van der Waals surface area contributed by atoms with Crippen molar-refractivity contribution in [2.24, 2.45) is 11.7 Å². The number of sulfonamides is 1. The van der Waals surface area contributed by atoms with Crippen molar-refractivity contribution >= 4 is 10.0 Å². The molecule has 6 nitrogen and oxygen atoms in total. The summed E-state index contributed by atoms with van der Waals surface area (Å²) < 4.78 is 28.8. The second-order valence-electron chi connectivity index (χ2n) is 5.92. The average Bonchev–Trinajstić information content (AvgIpc) is 2.81. The predicted molar refractivity (Wildman–Crippen MR) is 82.4 cm³/mol. The first kappa shape index (κ1) is 16.5. The van der Waals surface area contributed by atoms with Gasteiger partial charge < -0.3 is 10.3 Å². The third-order valence-corrected chi connectivity index (χ3v) is 6.04. The molecule has 1 aliphatic heterocycles. The molecule has 1 unspecified atom stereocenters. The molecule has 0 saturated carbocycles. The summed E-state index contributed by atoms with van der Waals surface area (Å²) >= 11 is 0. The van der Waals surface area contributed by atoms with Crippen LogP contribution in [0.15, 0.2) is 11.2 Å². The standard InChI is InChI=1S/C14H26N4O2S/c1-4-7-17-10-14(16-12(17)3)21(19,20)18-8-5-13(6-9-18)11(2)15/h10-11,13H,4-9,15H2,1-3H3. The van der Waals surface area contributed by atoms with Gasteiger partial charge in [0, 0.05) is 31.9 Å². The van der Waals surface area contributed by atoms with Crippen molar-refractivity contribution in [2.45, 2.75) is 57.6 Å². The van der Waals surface area contributed by atoms with Crippen LogP contribution in [0, 0.1) is 12.8 Å². The molecular weight excluding hydrogens is 288 g/mol. The number of imidazole rings is 1. The fourth-order valence-electron chi connectivity index (χ4n) is 2.85. The van der Waals surface area contributed by atoms with E-state index in [-0.39, 0.29) is 11.1 Å². The van der Waals surface area contributed by atoms with Crippen molar-refractivity contribution in [1.82, 2.24) is 13.9 Å². The van der Waals surface area contributed by atoms with Gasteiger partial charge in [0.1, 0.15) is 5.82 Å². The molecule has 0 spiro atoms. The summed E-state index contributed by atoms with van der Waals surface area (Å²) in [5.41, 5.74) is 5.91. The van der Waals surface area contributed by atoms with Gasteiger partial charge in [-0.2, -0.15) is 4.31 Å². The lowest BCUT2D eigenvalue weighted by atomic mass is 9.92. The Bertz CT molecular complexity index is 572. The molecule has 1 fully saturated rings. The van der Waals surface area contributed by atoms with Crippen LogP contribution in [0.2, 0.25) is 0 Å². The predicted octanol–water partition coefficient (Wildman–Crippen LogP) is 1.35. The van der Waals surface area contributed by atoms with Crippen molar-refractivity contribution in [2.75, 3.05) is 13.1 Å². The maximum atomic E-state index is 12.7. The van der Waals surface area contributed by atoms with Crippen LogP contribution in [0.3, 0.4) is 0 Å². The molecule has 0 bridgehead atoms. The van der Waals surface area contributed by atoms with E-state index < -0.39 is 10.0 Å². The van der Waals surface area contributed by atoms with E-state index in [1.807, 2.05) is 18.4 Å². The summed E-state index contributed by atoms with van der Waals surface area (Å²) in [7, 11) is -3.47. The summed E-state index contributed by atoms with van der Waals surface area (Å²) in [6.07, 6.45) is 4.26. The number of hydrogen-bond donors (Lipinski definition) is 1. The summed E-state index contributed by atoms with van der Waals surface area (Å²) in [5, 5.41) is 0.174. The lowest BCUT2D eigenvalue weighted by Crippen LogP contribution is -2.42. The fraction of sp³-hybridized carbons (Fsp3) is 0.786. The second-order valence-corrected chi connectivity index (χ2v) is 7.81. The third kappa shape index (κ3) is 3.46. The first-order chi connectivity index (χ1) is 9.86. The molecule has 0 amide bonds. The number of piperidine rings is 1. The van der Waals surface area contributed by atoms with E-state index in [1.165, 1.54) is 0 Å². The van der Waals surface area contributed by atoms with Crippen molar-refractivity contribution in [3.8, 4) is 0 Å². The molecule has 2 rings (SSSR count). The molecule has 1 saturated heterocycles. The maximum Gasteiger partial charge on any atom is 0.262 e. The van der Waals surface area contributed by atoms with E-state index >= 15 is 0 Å². The van der Waals surface area contributed by atoms with Crippen LogP contribution in [0.1, 0.15) is 38.9 Å². The molecule has 0 radical (unpaired) electrons. The first-order valence-corrected chi connectivity index (χ1v) is 9.09. The van der Waals surface area contributed by atoms with Gasteiger partial charge in [-0.25, -0.2) is 13.4 Å². The minimum Gasteiger partial charge on any atom is -0.334 e. The molecule has 21 heavy (non-hydrogen) atoms. The highest BCUT2D eigenvalue weighted by Gasteiger charge is 2.32. The summed E-state index contributed by atoms with van der Waals surface area (Å²) in [6.45, 7) is 7.76. The topological polar surface area (TPSA) is 81.2 Å². The second kappa shape index (κ2) is 6.46. The van der Waals surface area contributed by atoms with E-state index in [0.717, 1.165) is 31.6 Å². The highest BCUT2D eigenvalue weighted by molar-refractivity contribution is 7.89. The molecule has 0 aliphatic carbocycles. The third-order valence-electron chi connectivity index (χ3n) is 4.26. The zero-order chi connectivity index (χ0) is 15.6. The molecular formula is C14H26N4O2S. The highest BCUT2D eigenvalue weighted by atomic mass is 32.2. The van der Waals surface area contributed by atoms with Crippen LogP contribution in [0.25, 0.3) is 0 Å². The lowest BCUT2D eigenvalue weighted by Gasteiger charge is -2.32. The molecule has 7 heteroatoms. The minimum atomic E-state index is -3.47. The van der Waals surface area contributed by atoms with Crippen LogP contribution in [0.4, 0.5) is 0 Å². The molecule has 1 atom stereocenters. The summed E-state index contributed by atoms with van der Waals surface area (Å²) in [5.74, 6) is 1.16. The van der Waals surface area contributed by atoms with Crippen molar-refractivity contribution in [1.29, 1.82) is 0 Å². The molecule has 0 aromatic carbocycles. The minimum absolute atomic E-state index is 0.126. The molecule has 1 aromatic heterocycles. The van der Waals surface area contributed by atoms with Gasteiger partial charge in [-0.15, -0.1) is 0 Å². The molecule has 120 valence electrons. The molecule has 1 aliphatic rings. The van der Waals surface area contributed by atoms with E-state index in [2.05, 4.69) is 11.9 Å². The SMILES string of the molecule is CCCn1cc(S(=O)(=O)N2CCC(C(C)N)CC2)nc1C. The quantitative estimate of drug-likeness (QED) is 0.889. The van der Waals surface area contributed by atoms with Crippen LogP contribution in [-0.4, -0.2) is 41.4 Å². The van der Waals surface area contributed by atoms with E-state index in [0.29, 0.717) is 19.0 Å². The van der Waals surface area contributed by atoms with Crippen LogP contribution in [-0.2, 0) is 16.6 Å². The Morgan fingerprint density at radius 2 is 2.05 bits per heavy atom. The normalized spacial score (nSPS) is 19.8. The average molecular weight is 314 g/mol. The van der Waals surface area contributed by atoms with Crippen molar-refractivity contribution < 1.29 is 8.42 Å². The largest absolute Gasteiger partial charge is 0.334 e. The van der Waals surface area contributed by atoms with Gasteiger partial charge >= 0.3 is 0 Å². The summed E-state index contributed by atoms with van der Waals surface area (Å²) in [4.78, 5) is 4.24. The Morgan fingerprint density at radius 1 is 1.43 bits per heavy atom. The van der Waals surface area contributed by atoms with E-state index in [9.17, 15) is 8.42 Å². The smallest absolute Gasteiger partial charge is 0.262 e. The fourth-order valence-corrected chi connectivity index (χ4v) is 4.31. The maximum absolute atomic E-state index is 12.7. The zero-order valence-corrected chi connectivity index (χ0v) is 13.9. The van der Waals surface area contributed by atoms with E-state index in [1.54, 1.807) is 10.5 Å². The van der Waals surface area contributed by atoms with Gasteiger partial charge in [0.15, 0.2) is 5.03 Å². The number of nitrogens with zero attached hydrogens (tertiary/aromatic N) is 3. The van der Waals surface area contributed by atoms with Crippen molar-refractivity contribution in [3.05, 3.63) is 12.0 Å². The first-order valence-electron chi connectivity index (χ1n) is 7.65. The van der Waals surface area contributed by atoms with Crippen molar-refractivity contribution in [3.63, 3.8) is 0 Å². The highest BCUT2D eigenvalue weighted by Crippen LogP contribution is 2.24.